The van der Waals surface area contributed by atoms with Crippen LogP contribution in [0.4, 0.5) is 5.69 Å². The van der Waals surface area contributed by atoms with Crippen LogP contribution in [-0.2, 0) is 11.2 Å². The first-order chi connectivity index (χ1) is 14.6. The van der Waals surface area contributed by atoms with Gasteiger partial charge in [-0.05, 0) is 48.4 Å². The van der Waals surface area contributed by atoms with E-state index in [1.807, 2.05) is 54.6 Å². The van der Waals surface area contributed by atoms with E-state index in [9.17, 15) is 9.59 Å². The molecule has 0 aliphatic rings. The third kappa shape index (κ3) is 4.55. The number of aromatic nitrogens is 2. The highest BCUT2D eigenvalue weighted by molar-refractivity contribution is 5.95. The van der Waals surface area contributed by atoms with Crippen LogP contribution in [0.25, 0.3) is 11.0 Å². The summed E-state index contributed by atoms with van der Waals surface area (Å²) in [5.41, 5.74) is 4.05. The van der Waals surface area contributed by atoms with E-state index in [4.69, 9.17) is 0 Å². The van der Waals surface area contributed by atoms with Gasteiger partial charge in [0.25, 0.3) is 5.91 Å². The standard InChI is InChI=1S/C24H22N4O2/c1-16(29)25-19-13-11-18(12-14-19)24(30)28-22(15-17-7-3-2-4-8-17)23-26-20-9-5-6-10-21(20)27-23/h2-14,22H,15H2,1H3,(H,25,29)(H,26,27)(H,28,30). The SMILES string of the molecule is CC(=O)Nc1ccc(C(=O)NC(Cc2ccccc2)c2nc3ccccc3[nH]2)cc1. The van der Waals surface area contributed by atoms with Crippen molar-refractivity contribution in [2.24, 2.45) is 0 Å². The van der Waals surface area contributed by atoms with Crippen LogP contribution >= 0.6 is 0 Å². The van der Waals surface area contributed by atoms with Crippen molar-refractivity contribution in [2.75, 3.05) is 5.32 Å². The second kappa shape index (κ2) is 8.61. The number of aromatic amines is 1. The number of nitrogens with zero attached hydrogens (tertiary/aromatic N) is 1. The van der Waals surface area contributed by atoms with Crippen molar-refractivity contribution in [3.05, 3.63) is 95.8 Å². The molecule has 3 N–H and O–H groups in total. The van der Waals surface area contributed by atoms with Crippen LogP contribution in [0.1, 0.15) is 34.7 Å². The van der Waals surface area contributed by atoms with Gasteiger partial charge in [0, 0.05) is 18.2 Å². The molecule has 6 heteroatoms. The predicted molar refractivity (Wildman–Crippen MR) is 117 cm³/mol. The molecule has 6 nitrogen and oxygen atoms in total. The number of amides is 2. The summed E-state index contributed by atoms with van der Waals surface area (Å²) in [6, 6.07) is 24.3. The summed E-state index contributed by atoms with van der Waals surface area (Å²) in [4.78, 5) is 32.1. The number of carbonyl (C=O) groups is 2. The molecule has 0 aliphatic carbocycles. The summed E-state index contributed by atoms with van der Waals surface area (Å²) in [6.07, 6.45) is 0.608. The molecule has 30 heavy (non-hydrogen) atoms. The minimum Gasteiger partial charge on any atom is -0.342 e. The first-order valence-electron chi connectivity index (χ1n) is 9.75. The van der Waals surface area contributed by atoms with Gasteiger partial charge in [0.2, 0.25) is 5.91 Å². The number of rotatable bonds is 6. The van der Waals surface area contributed by atoms with E-state index in [1.165, 1.54) is 6.92 Å². The molecule has 1 aromatic heterocycles. The summed E-state index contributed by atoms with van der Waals surface area (Å²) in [5, 5.41) is 5.80. The van der Waals surface area contributed by atoms with Crippen LogP contribution in [0.15, 0.2) is 78.9 Å². The quantitative estimate of drug-likeness (QED) is 0.454. The Bertz CT molecular complexity index is 1130. The van der Waals surface area contributed by atoms with E-state index < -0.39 is 0 Å². The lowest BCUT2D eigenvalue weighted by Gasteiger charge is -2.17. The zero-order valence-corrected chi connectivity index (χ0v) is 16.6. The molecule has 1 unspecified atom stereocenters. The molecular formula is C24H22N4O2. The Labute approximate surface area is 174 Å². The third-order valence-electron chi connectivity index (χ3n) is 4.79. The van der Waals surface area contributed by atoms with Crippen molar-refractivity contribution >= 4 is 28.5 Å². The highest BCUT2D eigenvalue weighted by Crippen LogP contribution is 2.21. The van der Waals surface area contributed by atoms with Gasteiger partial charge in [0.1, 0.15) is 5.82 Å². The van der Waals surface area contributed by atoms with Crippen LogP contribution in [0.5, 0.6) is 0 Å². The molecule has 4 rings (SSSR count). The number of nitrogens with one attached hydrogen (secondary N) is 3. The lowest BCUT2D eigenvalue weighted by molar-refractivity contribution is -0.114. The number of hydrogen-bond acceptors (Lipinski definition) is 3. The molecule has 2 amide bonds. The van der Waals surface area contributed by atoms with Gasteiger partial charge in [-0.1, -0.05) is 42.5 Å². The maximum Gasteiger partial charge on any atom is 0.251 e. The summed E-state index contributed by atoms with van der Waals surface area (Å²) in [6.45, 7) is 1.45. The molecule has 0 fully saturated rings. The van der Waals surface area contributed by atoms with Crippen molar-refractivity contribution < 1.29 is 9.59 Å². The van der Waals surface area contributed by atoms with Crippen LogP contribution < -0.4 is 10.6 Å². The van der Waals surface area contributed by atoms with E-state index in [-0.39, 0.29) is 17.9 Å². The minimum absolute atomic E-state index is 0.153. The van der Waals surface area contributed by atoms with E-state index >= 15 is 0 Å². The average molecular weight is 398 g/mol. The van der Waals surface area contributed by atoms with Gasteiger partial charge in [-0.3, -0.25) is 9.59 Å². The highest BCUT2D eigenvalue weighted by atomic mass is 16.2. The van der Waals surface area contributed by atoms with Crippen LogP contribution in [0, 0.1) is 0 Å². The molecular weight excluding hydrogens is 376 g/mol. The van der Waals surface area contributed by atoms with Crippen LogP contribution in [0.2, 0.25) is 0 Å². The Morgan fingerprint density at radius 3 is 2.33 bits per heavy atom. The molecule has 0 spiro atoms. The Hall–Kier alpha value is -3.93. The van der Waals surface area contributed by atoms with E-state index in [0.29, 0.717) is 23.5 Å². The van der Waals surface area contributed by atoms with Crippen molar-refractivity contribution in [3.63, 3.8) is 0 Å². The van der Waals surface area contributed by atoms with Crippen LogP contribution in [-0.4, -0.2) is 21.8 Å². The van der Waals surface area contributed by atoms with Crippen molar-refractivity contribution in [1.82, 2.24) is 15.3 Å². The molecule has 0 aliphatic heterocycles. The van der Waals surface area contributed by atoms with E-state index in [0.717, 1.165) is 16.6 Å². The number of fused-ring (bicyclic) bond motifs is 1. The fourth-order valence-corrected chi connectivity index (χ4v) is 3.35. The van der Waals surface area contributed by atoms with Gasteiger partial charge in [-0.2, -0.15) is 0 Å². The number of anilines is 1. The molecule has 1 heterocycles. The molecule has 1 atom stereocenters. The predicted octanol–water partition coefficient (Wildman–Crippen LogP) is 4.24. The monoisotopic (exact) mass is 398 g/mol. The van der Waals surface area contributed by atoms with Gasteiger partial charge < -0.3 is 15.6 Å². The Kier molecular flexibility index (Phi) is 5.57. The second-order valence-corrected chi connectivity index (χ2v) is 7.11. The summed E-state index contributed by atoms with van der Waals surface area (Å²) in [5.74, 6) is 0.356. The average Bonchev–Trinajstić information content (AvgIpc) is 3.18. The summed E-state index contributed by atoms with van der Waals surface area (Å²) >= 11 is 0. The first kappa shape index (κ1) is 19.4. The number of para-hydroxylation sites is 2. The van der Waals surface area contributed by atoms with Crippen molar-refractivity contribution in [3.8, 4) is 0 Å². The number of benzene rings is 3. The first-order valence-corrected chi connectivity index (χ1v) is 9.75. The zero-order chi connectivity index (χ0) is 20.9. The Balaban J connectivity index is 1.59. The molecule has 150 valence electrons. The highest BCUT2D eigenvalue weighted by Gasteiger charge is 2.20. The zero-order valence-electron chi connectivity index (χ0n) is 16.6. The minimum atomic E-state index is -0.317. The van der Waals surface area contributed by atoms with E-state index in [1.54, 1.807) is 24.3 Å². The Morgan fingerprint density at radius 2 is 1.63 bits per heavy atom. The van der Waals surface area contributed by atoms with E-state index in [2.05, 4.69) is 20.6 Å². The molecule has 3 aromatic carbocycles. The van der Waals surface area contributed by atoms with Gasteiger partial charge >= 0.3 is 0 Å². The number of hydrogen-bond donors (Lipinski definition) is 3. The molecule has 0 radical (unpaired) electrons. The second-order valence-electron chi connectivity index (χ2n) is 7.11. The Morgan fingerprint density at radius 1 is 0.933 bits per heavy atom. The van der Waals surface area contributed by atoms with Crippen molar-refractivity contribution in [2.45, 2.75) is 19.4 Å². The molecule has 0 saturated heterocycles. The summed E-state index contributed by atoms with van der Waals surface area (Å²) in [7, 11) is 0. The van der Waals surface area contributed by atoms with Gasteiger partial charge in [0.15, 0.2) is 0 Å². The lowest BCUT2D eigenvalue weighted by atomic mass is 10.0. The van der Waals surface area contributed by atoms with Gasteiger partial charge in [0.05, 0.1) is 17.1 Å². The molecule has 0 bridgehead atoms. The largest absolute Gasteiger partial charge is 0.342 e. The summed E-state index contributed by atoms with van der Waals surface area (Å²) < 4.78 is 0. The van der Waals surface area contributed by atoms with Gasteiger partial charge in [-0.25, -0.2) is 4.98 Å². The molecule has 4 aromatic rings. The molecule has 0 saturated carbocycles. The fraction of sp³-hybridized carbons (Fsp3) is 0.125. The topological polar surface area (TPSA) is 86.9 Å². The third-order valence-corrected chi connectivity index (χ3v) is 4.79. The van der Waals surface area contributed by atoms with Gasteiger partial charge in [-0.15, -0.1) is 0 Å². The maximum atomic E-state index is 12.9. The number of imidazole rings is 1. The fourth-order valence-electron chi connectivity index (χ4n) is 3.35. The van der Waals surface area contributed by atoms with Crippen molar-refractivity contribution in [1.29, 1.82) is 0 Å². The number of carbonyl (C=O) groups excluding carboxylic acids is 2. The smallest absolute Gasteiger partial charge is 0.251 e. The maximum absolute atomic E-state index is 12.9. The normalized spacial score (nSPS) is 11.8. The van der Waals surface area contributed by atoms with Crippen LogP contribution in [0.3, 0.4) is 0 Å². The number of H-pyrrole nitrogens is 1. The lowest BCUT2D eigenvalue weighted by Crippen LogP contribution is -2.30.